The zero-order chi connectivity index (χ0) is 12.1. The molecule has 1 aliphatic rings. The maximum absolute atomic E-state index is 11.8. The van der Waals surface area contributed by atoms with Crippen LogP contribution < -0.4 is 5.32 Å². The van der Waals surface area contributed by atoms with E-state index in [0.717, 1.165) is 18.0 Å². The molecule has 1 aromatic carbocycles. The van der Waals surface area contributed by atoms with Gasteiger partial charge in [-0.15, -0.1) is 0 Å². The van der Waals surface area contributed by atoms with Crippen molar-refractivity contribution in [1.82, 2.24) is 0 Å². The number of nitrogens with one attached hydrogen (secondary N) is 1. The van der Waals surface area contributed by atoms with Gasteiger partial charge in [-0.25, -0.2) is 0 Å². The van der Waals surface area contributed by atoms with Gasteiger partial charge in [0.05, 0.1) is 0 Å². The maximum atomic E-state index is 11.8. The Morgan fingerprint density at radius 2 is 2.12 bits per heavy atom. The first kappa shape index (κ1) is 12.2. The van der Waals surface area contributed by atoms with Crippen molar-refractivity contribution in [2.75, 3.05) is 5.32 Å². The predicted octanol–water partition coefficient (Wildman–Crippen LogP) is 3.90. The lowest BCUT2D eigenvalue weighted by atomic mass is 10.0. The third kappa shape index (κ3) is 3.88. The van der Waals surface area contributed by atoms with Crippen molar-refractivity contribution in [2.24, 2.45) is 5.92 Å². The van der Waals surface area contributed by atoms with Crippen LogP contribution in [-0.4, -0.2) is 5.91 Å². The highest BCUT2D eigenvalue weighted by Crippen LogP contribution is 2.28. The number of amides is 1. The van der Waals surface area contributed by atoms with E-state index in [4.69, 9.17) is 0 Å². The Balaban J connectivity index is 1.76. The van der Waals surface area contributed by atoms with Gasteiger partial charge in [0.25, 0.3) is 0 Å². The van der Waals surface area contributed by atoms with Crippen LogP contribution in [0.3, 0.4) is 0 Å². The molecular weight excluding hydrogens is 210 g/mol. The fraction of sp³-hybridized carbons (Fsp3) is 0.533. The summed E-state index contributed by atoms with van der Waals surface area (Å²) in [6.07, 6.45) is 7.06. The molecule has 1 amide bonds. The van der Waals surface area contributed by atoms with Crippen LogP contribution >= 0.6 is 0 Å². The molecule has 0 aliphatic heterocycles. The summed E-state index contributed by atoms with van der Waals surface area (Å²) in [5, 5.41) is 2.97. The molecule has 0 saturated heterocycles. The second-order valence-electron chi connectivity index (χ2n) is 5.11. The molecule has 0 aromatic heterocycles. The first-order valence-corrected chi connectivity index (χ1v) is 6.60. The molecule has 0 spiro atoms. The van der Waals surface area contributed by atoms with E-state index < -0.39 is 0 Å². The maximum Gasteiger partial charge on any atom is 0.224 e. The summed E-state index contributed by atoms with van der Waals surface area (Å²) >= 11 is 0. The molecule has 2 rings (SSSR count). The van der Waals surface area contributed by atoms with Gasteiger partial charge in [-0.2, -0.15) is 0 Å². The second kappa shape index (κ2) is 5.85. The summed E-state index contributed by atoms with van der Waals surface area (Å²) < 4.78 is 0. The molecule has 0 heterocycles. The summed E-state index contributed by atoms with van der Waals surface area (Å²) in [6, 6.07) is 7.96. The minimum Gasteiger partial charge on any atom is -0.326 e. The number of rotatable bonds is 4. The van der Waals surface area contributed by atoms with E-state index in [1.165, 1.54) is 31.2 Å². The summed E-state index contributed by atoms with van der Waals surface area (Å²) in [5.41, 5.74) is 2.10. The molecule has 2 nitrogen and oxygen atoms in total. The Bertz CT molecular complexity index is 380. The van der Waals surface area contributed by atoms with Crippen LogP contribution in [-0.2, 0) is 4.79 Å². The Labute approximate surface area is 103 Å². The minimum absolute atomic E-state index is 0.155. The fourth-order valence-corrected chi connectivity index (χ4v) is 2.58. The number of anilines is 1. The predicted molar refractivity (Wildman–Crippen MR) is 71.0 cm³/mol. The van der Waals surface area contributed by atoms with Gasteiger partial charge in [0.2, 0.25) is 5.91 Å². The molecule has 0 unspecified atom stereocenters. The molecule has 2 heteroatoms. The number of aryl methyl sites for hydroxylation is 1. The number of benzene rings is 1. The highest BCUT2D eigenvalue weighted by Gasteiger charge is 2.16. The number of hydrogen-bond donors (Lipinski definition) is 1. The molecule has 0 bridgehead atoms. The quantitative estimate of drug-likeness (QED) is 0.836. The average Bonchev–Trinajstić information content (AvgIpc) is 2.79. The third-order valence-corrected chi connectivity index (χ3v) is 3.56. The van der Waals surface area contributed by atoms with Crippen LogP contribution in [0.15, 0.2) is 24.3 Å². The first-order chi connectivity index (χ1) is 8.24. The highest BCUT2D eigenvalue weighted by molar-refractivity contribution is 5.90. The SMILES string of the molecule is Cc1cccc(NC(=O)CCC2CCCC2)c1. The molecular formula is C15H21NO. The Hall–Kier alpha value is -1.31. The van der Waals surface area contributed by atoms with E-state index in [2.05, 4.69) is 5.32 Å². The van der Waals surface area contributed by atoms with Crippen molar-refractivity contribution < 1.29 is 4.79 Å². The molecule has 17 heavy (non-hydrogen) atoms. The second-order valence-corrected chi connectivity index (χ2v) is 5.11. The highest BCUT2D eigenvalue weighted by atomic mass is 16.1. The molecule has 1 aromatic rings. The summed E-state index contributed by atoms with van der Waals surface area (Å²) in [6.45, 7) is 2.04. The fourth-order valence-electron chi connectivity index (χ4n) is 2.58. The normalized spacial score (nSPS) is 16.1. The lowest BCUT2D eigenvalue weighted by Gasteiger charge is -2.09. The zero-order valence-electron chi connectivity index (χ0n) is 10.5. The van der Waals surface area contributed by atoms with Crippen LogP contribution in [0.4, 0.5) is 5.69 Å². The standard InChI is InChI=1S/C15H21NO/c1-12-5-4-8-14(11-12)16-15(17)10-9-13-6-2-3-7-13/h4-5,8,11,13H,2-3,6-7,9-10H2,1H3,(H,16,17). The molecule has 1 N–H and O–H groups in total. The molecule has 1 aliphatic carbocycles. The van der Waals surface area contributed by atoms with E-state index >= 15 is 0 Å². The monoisotopic (exact) mass is 231 g/mol. The molecule has 1 fully saturated rings. The van der Waals surface area contributed by atoms with Crippen LogP contribution in [0.5, 0.6) is 0 Å². The van der Waals surface area contributed by atoms with Crippen molar-refractivity contribution in [3.8, 4) is 0 Å². The van der Waals surface area contributed by atoms with Gasteiger partial charge in [-0.05, 0) is 37.0 Å². The van der Waals surface area contributed by atoms with Crippen molar-refractivity contribution in [1.29, 1.82) is 0 Å². The Morgan fingerprint density at radius 3 is 2.82 bits per heavy atom. The largest absolute Gasteiger partial charge is 0.326 e. The summed E-state index contributed by atoms with van der Waals surface area (Å²) in [4.78, 5) is 11.8. The van der Waals surface area contributed by atoms with Crippen LogP contribution in [0, 0.1) is 12.8 Å². The summed E-state index contributed by atoms with van der Waals surface area (Å²) in [5.74, 6) is 0.945. The summed E-state index contributed by atoms with van der Waals surface area (Å²) in [7, 11) is 0. The van der Waals surface area contributed by atoms with Gasteiger partial charge in [-0.1, -0.05) is 37.8 Å². The van der Waals surface area contributed by atoms with Crippen LogP contribution in [0.1, 0.15) is 44.1 Å². The first-order valence-electron chi connectivity index (χ1n) is 6.60. The molecule has 1 saturated carbocycles. The number of carbonyl (C=O) groups is 1. The van der Waals surface area contributed by atoms with Gasteiger partial charge in [0.1, 0.15) is 0 Å². The van der Waals surface area contributed by atoms with E-state index in [9.17, 15) is 4.79 Å². The number of carbonyl (C=O) groups excluding carboxylic acids is 1. The lowest BCUT2D eigenvalue weighted by Crippen LogP contribution is -2.12. The smallest absolute Gasteiger partial charge is 0.224 e. The van der Waals surface area contributed by atoms with E-state index in [-0.39, 0.29) is 5.91 Å². The van der Waals surface area contributed by atoms with Crippen molar-refractivity contribution >= 4 is 11.6 Å². The van der Waals surface area contributed by atoms with Gasteiger partial charge < -0.3 is 5.32 Å². The van der Waals surface area contributed by atoms with Crippen molar-refractivity contribution in [2.45, 2.75) is 45.4 Å². The average molecular weight is 231 g/mol. The van der Waals surface area contributed by atoms with E-state index in [1.54, 1.807) is 0 Å². The minimum atomic E-state index is 0.155. The van der Waals surface area contributed by atoms with Crippen molar-refractivity contribution in [3.63, 3.8) is 0 Å². The molecule has 0 atom stereocenters. The topological polar surface area (TPSA) is 29.1 Å². The number of hydrogen-bond acceptors (Lipinski definition) is 1. The molecule has 92 valence electrons. The molecule has 0 radical (unpaired) electrons. The van der Waals surface area contributed by atoms with Gasteiger partial charge in [0, 0.05) is 12.1 Å². The zero-order valence-corrected chi connectivity index (χ0v) is 10.5. The van der Waals surface area contributed by atoms with Crippen LogP contribution in [0.25, 0.3) is 0 Å². The lowest BCUT2D eigenvalue weighted by molar-refractivity contribution is -0.116. The Kier molecular flexibility index (Phi) is 4.18. The van der Waals surface area contributed by atoms with E-state index in [0.29, 0.717) is 6.42 Å². The third-order valence-electron chi connectivity index (χ3n) is 3.56. The van der Waals surface area contributed by atoms with Gasteiger partial charge in [-0.3, -0.25) is 4.79 Å². The van der Waals surface area contributed by atoms with E-state index in [1.807, 2.05) is 31.2 Å². The van der Waals surface area contributed by atoms with Gasteiger partial charge >= 0.3 is 0 Å². The van der Waals surface area contributed by atoms with Crippen LogP contribution in [0.2, 0.25) is 0 Å². The Morgan fingerprint density at radius 1 is 1.35 bits per heavy atom. The van der Waals surface area contributed by atoms with Gasteiger partial charge in [0.15, 0.2) is 0 Å². The van der Waals surface area contributed by atoms with Crippen molar-refractivity contribution in [3.05, 3.63) is 29.8 Å².